The monoisotopic (exact) mass is 402 g/mol. The van der Waals surface area contributed by atoms with Gasteiger partial charge in [0.2, 0.25) is 0 Å². The van der Waals surface area contributed by atoms with E-state index in [1.807, 2.05) is 48.1 Å². The summed E-state index contributed by atoms with van der Waals surface area (Å²) in [5.41, 5.74) is 5.88. The highest BCUT2D eigenvalue weighted by Crippen LogP contribution is 2.30. The molecule has 0 aliphatic carbocycles. The van der Waals surface area contributed by atoms with Gasteiger partial charge in [-0.25, -0.2) is 4.98 Å². The fourth-order valence-electron chi connectivity index (χ4n) is 3.94. The number of aryl methyl sites for hydroxylation is 4. The Labute approximate surface area is 175 Å². The molecule has 6 heteroatoms. The first-order chi connectivity index (χ1) is 14.4. The molecule has 2 N–H and O–H groups in total. The van der Waals surface area contributed by atoms with E-state index < -0.39 is 6.04 Å². The number of carbonyl (C=O) groups is 1. The van der Waals surface area contributed by atoms with E-state index >= 15 is 0 Å². The number of nitrogens with one attached hydrogen (secondary N) is 2. The highest BCUT2D eigenvalue weighted by molar-refractivity contribution is 6.00. The van der Waals surface area contributed by atoms with Crippen LogP contribution in [0.15, 0.2) is 48.8 Å². The van der Waals surface area contributed by atoms with Crippen LogP contribution in [0.4, 0.5) is 0 Å². The molecule has 0 aliphatic rings. The minimum absolute atomic E-state index is 0.193. The fraction of sp³-hybridized carbons (Fsp3) is 0.250. The van der Waals surface area contributed by atoms with Crippen LogP contribution >= 0.6 is 0 Å². The number of imidazole rings is 1. The van der Waals surface area contributed by atoms with Gasteiger partial charge in [0.25, 0.3) is 5.91 Å². The summed E-state index contributed by atoms with van der Waals surface area (Å²) in [5.74, 6) is 1.23. The van der Waals surface area contributed by atoms with E-state index in [2.05, 4.69) is 42.1 Å². The summed E-state index contributed by atoms with van der Waals surface area (Å²) in [4.78, 5) is 21.1. The highest BCUT2D eigenvalue weighted by Gasteiger charge is 2.25. The van der Waals surface area contributed by atoms with E-state index in [1.54, 1.807) is 13.3 Å². The van der Waals surface area contributed by atoms with Gasteiger partial charge in [-0.3, -0.25) is 4.79 Å². The molecule has 6 nitrogen and oxygen atoms in total. The van der Waals surface area contributed by atoms with Crippen molar-refractivity contribution in [2.24, 2.45) is 7.05 Å². The molecule has 0 spiro atoms. The molecule has 0 radical (unpaired) electrons. The lowest BCUT2D eigenvalue weighted by Gasteiger charge is -2.21. The van der Waals surface area contributed by atoms with Gasteiger partial charge >= 0.3 is 0 Å². The third-order valence-electron chi connectivity index (χ3n) is 5.73. The first-order valence-electron chi connectivity index (χ1n) is 9.91. The molecular formula is C24H26N4O2. The van der Waals surface area contributed by atoms with E-state index in [4.69, 9.17) is 4.74 Å². The quantitative estimate of drug-likeness (QED) is 0.521. The molecule has 1 atom stereocenters. The lowest BCUT2D eigenvalue weighted by molar-refractivity contribution is 0.0936. The highest BCUT2D eigenvalue weighted by atomic mass is 16.5. The second-order valence-electron chi connectivity index (χ2n) is 7.65. The molecule has 0 fully saturated rings. The van der Waals surface area contributed by atoms with Crippen molar-refractivity contribution in [2.75, 3.05) is 7.11 Å². The zero-order valence-electron chi connectivity index (χ0n) is 17.9. The smallest absolute Gasteiger partial charge is 0.268 e. The number of carbonyl (C=O) groups excluding carboxylic acids is 1. The second kappa shape index (κ2) is 7.71. The Hall–Kier alpha value is -3.54. The zero-order chi connectivity index (χ0) is 21.4. The lowest BCUT2D eigenvalue weighted by atomic mass is 10.0. The number of fused-ring (bicyclic) bond motifs is 1. The van der Waals surface area contributed by atoms with Crippen LogP contribution in [0, 0.1) is 20.8 Å². The number of aromatic nitrogens is 3. The topological polar surface area (TPSA) is 71.9 Å². The third kappa shape index (κ3) is 3.34. The second-order valence-corrected chi connectivity index (χ2v) is 7.65. The number of hydrogen-bond acceptors (Lipinski definition) is 3. The van der Waals surface area contributed by atoms with Gasteiger partial charge < -0.3 is 19.6 Å². The van der Waals surface area contributed by atoms with Crippen LogP contribution in [0.2, 0.25) is 0 Å². The van der Waals surface area contributed by atoms with E-state index in [0.29, 0.717) is 11.4 Å². The van der Waals surface area contributed by atoms with Crippen molar-refractivity contribution in [3.8, 4) is 5.75 Å². The maximum absolute atomic E-state index is 13.3. The maximum atomic E-state index is 13.3. The Kier molecular flexibility index (Phi) is 5.08. The number of H-pyrrole nitrogens is 1. The van der Waals surface area contributed by atoms with Gasteiger partial charge in [0, 0.05) is 35.9 Å². The van der Waals surface area contributed by atoms with Crippen LogP contribution < -0.4 is 10.1 Å². The molecular weight excluding hydrogens is 376 g/mol. The van der Waals surface area contributed by atoms with Crippen molar-refractivity contribution in [3.05, 3.63) is 82.6 Å². The van der Waals surface area contributed by atoms with Gasteiger partial charge in [0.1, 0.15) is 23.3 Å². The number of hydrogen-bond donors (Lipinski definition) is 2. The average molecular weight is 402 g/mol. The van der Waals surface area contributed by atoms with Crippen LogP contribution in [0.1, 0.15) is 44.6 Å². The largest absolute Gasteiger partial charge is 0.496 e. The Morgan fingerprint density at radius 3 is 2.63 bits per heavy atom. The molecule has 0 bridgehead atoms. The van der Waals surface area contributed by atoms with Gasteiger partial charge in [-0.15, -0.1) is 0 Å². The van der Waals surface area contributed by atoms with Crippen molar-refractivity contribution < 1.29 is 9.53 Å². The molecule has 2 aromatic heterocycles. The van der Waals surface area contributed by atoms with Crippen LogP contribution in [-0.2, 0) is 7.05 Å². The summed E-state index contributed by atoms with van der Waals surface area (Å²) in [6.45, 7) is 6.22. The number of rotatable bonds is 5. The van der Waals surface area contributed by atoms with E-state index in [1.165, 1.54) is 5.56 Å². The molecule has 154 valence electrons. The van der Waals surface area contributed by atoms with Crippen molar-refractivity contribution in [1.82, 2.24) is 19.9 Å². The number of para-hydroxylation sites is 1. The molecule has 4 rings (SSSR count). The first-order valence-corrected chi connectivity index (χ1v) is 9.91. The Balaban J connectivity index is 1.76. The van der Waals surface area contributed by atoms with Gasteiger partial charge in [-0.2, -0.15) is 0 Å². The minimum atomic E-state index is -0.455. The average Bonchev–Trinajstić information content (AvgIpc) is 3.37. The minimum Gasteiger partial charge on any atom is -0.496 e. The van der Waals surface area contributed by atoms with Crippen molar-refractivity contribution in [2.45, 2.75) is 26.8 Å². The summed E-state index contributed by atoms with van der Waals surface area (Å²) in [6.07, 6.45) is 3.59. The number of benzene rings is 2. The predicted molar refractivity (Wildman–Crippen MR) is 118 cm³/mol. The zero-order valence-corrected chi connectivity index (χ0v) is 17.9. The molecule has 0 saturated heterocycles. The van der Waals surface area contributed by atoms with Crippen LogP contribution in [0.3, 0.4) is 0 Å². The first kappa shape index (κ1) is 19.8. The standard InChI is InChI=1S/C24H26N4O2/c1-14-12-15(2)18-13-19(26-21(18)16(14)3)24(29)27-22(23-25-10-11-28(23)4)17-8-6-7-9-20(17)30-5/h6-13,22,26H,1-5H3,(H,27,29)/t22-/m0/s1. The molecule has 4 aromatic rings. The van der Waals surface area contributed by atoms with E-state index in [9.17, 15) is 4.79 Å². The normalized spacial score (nSPS) is 12.2. The SMILES string of the molecule is COc1ccccc1[C@H](NC(=O)c1cc2c(C)cc(C)c(C)c2[nH]1)c1nccn1C. The summed E-state index contributed by atoms with van der Waals surface area (Å²) < 4.78 is 7.45. The predicted octanol–water partition coefficient (Wildman–Crippen LogP) is 4.35. The van der Waals surface area contributed by atoms with Gasteiger partial charge in [0.15, 0.2) is 0 Å². The molecule has 2 aromatic carbocycles. The molecule has 0 aliphatic heterocycles. The number of aromatic amines is 1. The molecule has 2 heterocycles. The van der Waals surface area contributed by atoms with Crippen LogP contribution in [0.25, 0.3) is 10.9 Å². The molecule has 0 unspecified atom stereocenters. The Bertz CT molecular complexity index is 1240. The lowest BCUT2D eigenvalue weighted by Crippen LogP contribution is -2.31. The Morgan fingerprint density at radius 2 is 1.93 bits per heavy atom. The third-order valence-corrected chi connectivity index (χ3v) is 5.73. The summed E-state index contributed by atoms with van der Waals surface area (Å²) in [7, 11) is 3.54. The van der Waals surface area contributed by atoms with Crippen molar-refractivity contribution >= 4 is 16.8 Å². The van der Waals surface area contributed by atoms with E-state index in [-0.39, 0.29) is 5.91 Å². The fourth-order valence-corrected chi connectivity index (χ4v) is 3.94. The molecule has 0 saturated carbocycles. The number of methoxy groups -OCH3 is 1. The number of ether oxygens (including phenoxy) is 1. The van der Waals surface area contributed by atoms with Crippen molar-refractivity contribution in [3.63, 3.8) is 0 Å². The van der Waals surface area contributed by atoms with Gasteiger partial charge in [-0.05, 0) is 49.6 Å². The number of nitrogens with zero attached hydrogens (tertiary/aromatic N) is 2. The van der Waals surface area contributed by atoms with Crippen molar-refractivity contribution in [1.29, 1.82) is 0 Å². The van der Waals surface area contributed by atoms with E-state index in [0.717, 1.165) is 33.4 Å². The Morgan fingerprint density at radius 1 is 1.17 bits per heavy atom. The van der Waals surface area contributed by atoms with Gasteiger partial charge in [0.05, 0.1) is 7.11 Å². The summed E-state index contributed by atoms with van der Waals surface area (Å²) in [5, 5.41) is 4.21. The summed E-state index contributed by atoms with van der Waals surface area (Å²) in [6, 6.07) is 11.3. The van der Waals surface area contributed by atoms with Crippen LogP contribution in [0.5, 0.6) is 5.75 Å². The maximum Gasteiger partial charge on any atom is 0.268 e. The molecule has 30 heavy (non-hydrogen) atoms. The van der Waals surface area contributed by atoms with Crippen LogP contribution in [-0.4, -0.2) is 27.6 Å². The summed E-state index contributed by atoms with van der Waals surface area (Å²) >= 11 is 0. The number of amides is 1. The van der Waals surface area contributed by atoms with Gasteiger partial charge in [-0.1, -0.05) is 24.3 Å². The molecule has 1 amide bonds.